The molecule has 15 unspecified atom stereocenters. The van der Waals surface area contributed by atoms with Crippen molar-refractivity contribution in [3.8, 4) is 69.0 Å². The summed E-state index contributed by atoms with van der Waals surface area (Å²) in [6, 6.07) is -12.4. The van der Waals surface area contributed by atoms with Crippen LogP contribution in [0.3, 0.4) is 0 Å². The standard InChI is InChI=1S/3C20H29NO3.3C19H27NO3/c3*1-5-13(2)8-15-12-21-7-6-14-9-19(23-3)20(24-4)10-16(14)17(21)11-18(15)22;3*1-12(2)7-14-11-20-6-5-13-8-18(22-3)19(23-4)9-15(13)16(20)10-17(14)21/h3*9-10,13,15,17H,5-8,11-12H2,1-4H3;3*8-9,12,14,16H,5-7,10-11H2,1-4H3/i2D3,3D3,4D3,5D2,6D2,7D2,8D2,11D2,12D2,13D,15D,17D;2D3,3D3,4D3,5D2,6D2,7D2,8D2,11D2,13D,15D,17D;2D3,3D3,4D3,5D2,6D2,7D2,8D2,12D2,13D,17D;3D3,4D3,5D2,6D2,10D2,11D2,14D,16D;3D3,4D3,5D2,6D2,11D2,16D;3D3,4D3,8D,9D. The van der Waals surface area contributed by atoms with Crippen LogP contribution in [0.5, 0.6) is 69.0 Å². The van der Waals surface area contributed by atoms with E-state index in [-0.39, 0.29) is 63.3 Å². The van der Waals surface area contributed by atoms with Crippen molar-refractivity contribution in [2.24, 2.45) is 70.9 Å². The number of carbonyl (C=O) groups is 6. The number of fused-ring (bicyclic) bond motifs is 18. The molecule has 141 heavy (non-hydrogen) atoms. The number of benzene rings is 6. The van der Waals surface area contributed by atoms with Gasteiger partial charge in [-0.3, -0.25) is 58.2 Å². The lowest BCUT2D eigenvalue weighted by Crippen LogP contribution is -2.46. The number of carbonyl (C=O) groups excluding carboxylic acids is 6. The molecule has 24 nitrogen and oxygen atoms in total. The number of nitrogens with zero attached hydrogens (tertiary/aromatic N) is 6. The second kappa shape index (κ2) is 50.0. The average Bonchev–Trinajstić information content (AvgIpc) is 0.633. The second-order valence-corrected chi connectivity index (χ2v) is 33.0. The summed E-state index contributed by atoms with van der Waals surface area (Å²) < 4.78 is 905. The molecule has 0 amide bonds. The van der Waals surface area contributed by atoms with Gasteiger partial charge in [-0.1, -0.05) is 102 Å². The van der Waals surface area contributed by atoms with E-state index in [0.717, 1.165) is 18.6 Å². The van der Waals surface area contributed by atoms with Crippen LogP contribution in [-0.4, -0.2) is 227 Å². The normalized spacial score (nSPS) is 48.4. The summed E-state index contributed by atoms with van der Waals surface area (Å²) >= 11 is 0. The van der Waals surface area contributed by atoms with Crippen molar-refractivity contribution in [2.45, 2.75) is 253 Å². The zero-order valence-corrected chi connectivity index (χ0v) is 76.4. The van der Waals surface area contributed by atoms with Crippen molar-refractivity contribution in [2.75, 3.05) is 163 Å². The van der Waals surface area contributed by atoms with Crippen LogP contribution in [0.25, 0.3) is 0 Å². The summed E-state index contributed by atoms with van der Waals surface area (Å²) in [4.78, 5) is 82.7. The van der Waals surface area contributed by atoms with E-state index in [2.05, 4.69) is 18.7 Å². The van der Waals surface area contributed by atoms with Crippen molar-refractivity contribution in [3.63, 3.8) is 0 Å². The van der Waals surface area contributed by atoms with E-state index in [4.69, 9.17) is 195 Å². The van der Waals surface area contributed by atoms with Gasteiger partial charge in [0.1, 0.15) is 34.7 Å². The molecule has 774 valence electrons. The van der Waals surface area contributed by atoms with E-state index in [1.54, 1.807) is 13.8 Å². The highest BCUT2D eigenvalue weighted by Crippen LogP contribution is 2.51. The lowest BCUT2D eigenvalue weighted by molar-refractivity contribution is -0.130. The number of ether oxygens (including phenoxy) is 12. The number of hydrogen-bond donors (Lipinski definition) is 0. The first-order valence-electron chi connectivity index (χ1n) is 94.7. The maximum absolute atomic E-state index is 14.1. The van der Waals surface area contributed by atoms with E-state index in [9.17, 15) is 32.9 Å². The van der Waals surface area contributed by atoms with Gasteiger partial charge in [-0.25, -0.2) is 0 Å². The number of Topliss-reactive ketones (excluding diaryl/α,β-unsaturated/α-hetero) is 6. The second-order valence-electron chi connectivity index (χ2n) is 33.0. The Morgan fingerprint density at radius 3 is 1.06 bits per heavy atom. The molecule has 0 N–H and O–H groups in total. The number of rotatable bonds is 27. The van der Waals surface area contributed by atoms with Gasteiger partial charge in [0.05, 0.1) is 143 Å². The molecular formula is C117H168N6O18. The zero-order chi connectivity index (χ0) is 192. The van der Waals surface area contributed by atoms with E-state index in [0.29, 0.717) is 105 Å². The summed E-state index contributed by atoms with van der Waals surface area (Å²) in [6.45, 7) is -33.7. The fourth-order valence-corrected chi connectivity index (χ4v) is 15.9. The van der Waals surface area contributed by atoms with Crippen molar-refractivity contribution >= 4 is 34.7 Å². The van der Waals surface area contributed by atoms with Crippen molar-refractivity contribution in [3.05, 3.63) is 140 Å². The number of methoxy groups -OCH3 is 12. The first-order valence-corrected chi connectivity index (χ1v) is 42.7. The van der Waals surface area contributed by atoms with Gasteiger partial charge < -0.3 is 56.8 Å². The van der Waals surface area contributed by atoms with E-state index >= 15 is 0 Å². The Morgan fingerprint density at radius 2 is 0.652 bits per heavy atom. The monoisotopic (exact) mass is 2050 g/mol. The molecule has 6 aromatic rings. The third-order valence-corrected chi connectivity index (χ3v) is 22.5. The van der Waals surface area contributed by atoms with Gasteiger partial charge in [0, 0.05) is 272 Å². The maximum atomic E-state index is 14.1. The molecule has 0 aliphatic carbocycles. The molecule has 6 aromatic carbocycles. The Hall–Kier alpha value is -9.30. The Labute approximate surface area is 988 Å². The van der Waals surface area contributed by atoms with Crippen LogP contribution in [0, 0.1) is 70.9 Å². The number of ketones is 6. The lowest BCUT2D eigenvalue weighted by atomic mass is 9.79. The molecule has 0 radical (unpaired) electrons. The maximum Gasteiger partial charge on any atom is 0.161 e. The molecule has 12 aliphatic heterocycles. The van der Waals surface area contributed by atoms with E-state index in [1.165, 1.54) is 13.8 Å². The first kappa shape index (κ1) is 36.7. The Balaban J connectivity index is 0.000000232. The molecule has 0 bridgehead atoms. The molecule has 0 spiro atoms. The van der Waals surface area contributed by atoms with Gasteiger partial charge in [-0.05, 0) is 252 Å². The molecule has 0 saturated carbocycles. The minimum Gasteiger partial charge on any atom is -0.493 e. The summed E-state index contributed by atoms with van der Waals surface area (Å²) in [5.41, 5.74) is -8.24. The fraction of sp³-hybridized carbons (Fsp3) is 0.641. The van der Waals surface area contributed by atoms with Crippen LogP contribution < -0.4 is 56.8 Å². The predicted octanol–water partition coefficient (Wildman–Crippen LogP) is 20.6. The highest BCUT2D eigenvalue weighted by atomic mass is 16.5. The summed E-state index contributed by atoms with van der Waals surface area (Å²) in [6.07, 6.45) is -53.5. The summed E-state index contributed by atoms with van der Waals surface area (Å²) in [5, 5.41) is 0. The smallest absolute Gasteiger partial charge is 0.161 e. The predicted molar refractivity (Wildman–Crippen MR) is 555 cm³/mol. The zero-order valence-electron chi connectivity index (χ0n) is 180. The molecule has 12 heterocycles. The SMILES string of the molecule is [2H]C([2H])([2H])Oc1cc2c(cc1OC([2H])([2H])[2H])C([2H])([2H])C([2H])([2H])N1C2([2H])CC(=O)C(C([2H])([2H])C([2H])(C([2H])([2H])[2H])C([2H])([2H])C)C1([2H])[2H].[2H]C([2H])([2H])Oc1cc2c(cc1OC([2H])([2H])[2H])C([2H])([2H])C([2H])([2H])N1C2([2H])CC(=O)C(CC(C)C)C1([2H])[2H].[2H]C([2H])([2H])Oc1cc2c(cc1OC([2H])([2H])[2H])C1([2H])N(C([2H])([2H])C([2H])(CC(C)C)C(=O)C1([2H])[2H])C([2H])([2H])C2([2H])[2H].[2H]C([2H])([2H])Oc1cc2c(cc1OC([2H])([2H])[2H])C1([2H])N(C([2H])([2H])C2([2H])[2H])C([2H])([2H])C([2H])(C([2H])([2H])C([2H])(C([2H])([2H])[2H])C([2H])([2H])C)C(=O)C1([2H])[2H].[2H]C([2H])([2H])Oc1cc2c(cc1OC([2H])([2H])[2H])C1([2H])N(CC([2H])(C([2H])([2H])C([2H])(C([2H])([2H])[2H])C([2H])([2H])C)C(=O)C1([2H])[2H])C([2H])([2H])C2([2H])[2H].[2H]c1c2c(c([2H])c(OC([2H])([2H])[2H])c1OC([2H])([2H])[2H])C1CC(=O)C(CC(C)C)CN1CC2. The first-order chi connectivity index (χ1) is 107. The van der Waals surface area contributed by atoms with E-state index in [1.807, 2.05) is 0 Å². The van der Waals surface area contributed by atoms with Gasteiger partial charge >= 0.3 is 0 Å². The van der Waals surface area contributed by atoms with Crippen LogP contribution >= 0.6 is 0 Å². The van der Waals surface area contributed by atoms with Crippen LogP contribution in [0.15, 0.2) is 72.7 Å². The van der Waals surface area contributed by atoms with Crippen molar-refractivity contribution < 1.29 is 228 Å². The fourth-order valence-electron chi connectivity index (χ4n) is 15.9. The third kappa shape index (κ3) is 25.6. The molecule has 18 rings (SSSR count). The van der Waals surface area contributed by atoms with Gasteiger partial charge in [0.25, 0.3) is 0 Å². The quantitative estimate of drug-likeness (QED) is 0.0466. The molecule has 15 atom stereocenters. The number of hydrogen-bond acceptors (Lipinski definition) is 24. The van der Waals surface area contributed by atoms with E-state index < -0.39 is 526 Å². The average molecular weight is 2050 g/mol. The molecule has 6 fully saturated rings. The van der Waals surface area contributed by atoms with Gasteiger partial charge in [-0.2, -0.15) is 0 Å². The Morgan fingerprint density at radius 1 is 0.333 bits per heavy atom. The number of aryl methyl sites for hydroxylation is 5. The van der Waals surface area contributed by atoms with Crippen LogP contribution in [0.1, 0.15) is 424 Å². The van der Waals surface area contributed by atoms with Crippen molar-refractivity contribution in [1.29, 1.82) is 0 Å². The molecule has 6 saturated heterocycles. The molecular weight excluding hydrogens is 1780 g/mol. The highest BCUT2D eigenvalue weighted by Gasteiger charge is 2.47. The van der Waals surface area contributed by atoms with Crippen molar-refractivity contribution in [1.82, 2.24) is 29.4 Å². The topological polar surface area (TPSA) is 233 Å². The van der Waals surface area contributed by atoms with Crippen LogP contribution in [0.4, 0.5) is 0 Å². The largest absolute Gasteiger partial charge is 0.493 e. The van der Waals surface area contributed by atoms with Gasteiger partial charge in [-0.15, -0.1) is 0 Å². The molecule has 12 aliphatic rings. The minimum atomic E-state index is -4.67. The van der Waals surface area contributed by atoms with Crippen LogP contribution in [0.2, 0.25) is 0 Å². The summed E-state index contributed by atoms with van der Waals surface area (Å²) in [7, 11) is -38.8. The van der Waals surface area contributed by atoms with Crippen LogP contribution in [-0.2, 0) is 67.1 Å². The minimum absolute atomic E-state index is 0.0309. The third-order valence-electron chi connectivity index (χ3n) is 22.5. The molecule has 24 heteroatoms. The van der Waals surface area contributed by atoms with Gasteiger partial charge in [0.2, 0.25) is 0 Å². The Kier molecular flexibility index (Phi) is 13.0. The Bertz CT molecular complexity index is 10200. The summed E-state index contributed by atoms with van der Waals surface area (Å²) in [5.74, 6) is -47.9. The number of piperidine rings is 6. The van der Waals surface area contributed by atoms with Gasteiger partial charge in [0.15, 0.2) is 69.0 Å². The lowest BCUT2D eigenvalue weighted by Gasteiger charge is -2.43. The highest BCUT2D eigenvalue weighted by molar-refractivity contribution is 5.86. The molecule has 0 aromatic heterocycles.